The van der Waals surface area contributed by atoms with Gasteiger partial charge in [-0.1, -0.05) is 94.1 Å². The van der Waals surface area contributed by atoms with Gasteiger partial charge in [-0.3, -0.25) is 9.69 Å². The second-order valence-electron chi connectivity index (χ2n) is 9.38. The van der Waals surface area contributed by atoms with E-state index in [-0.39, 0.29) is 17.6 Å². The number of carbonyl (C=O) groups is 1. The molecule has 0 aromatic heterocycles. The molecule has 0 unspecified atom stereocenters. The fourth-order valence-corrected chi connectivity index (χ4v) is 3.98. The van der Waals surface area contributed by atoms with Crippen molar-refractivity contribution < 1.29 is 14.0 Å². The minimum absolute atomic E-state index is 0.0618. The maximum absolute atomic E-state index is 13.1. The third-order valence-corrected chi connectivity index (χ3v) is 10.4. The molecule has 0 spiro atoms. The Hall–Kier alpha value is -2.21. The second-order valence-corrected chi connectivity index (χ2v) is 14.2. The largest absolute Gasteiger partial charge is 0.460 e. The highest BCUT2D eigenvalue weighted by molar-refractivity contribution is 6.74. The van der Waals surface area contributed by atoms with Gasteiger partial charge in [0, 0.05) is 13.1 Å². The molecule has 5 heteroatoms. The molecule has 0 aliphatic heterocycles. The van der Waals surface area contributed by atoms with Crippen molar-refractivity contribution in [2.45, 2.75) is 58.0 Å². The molecule has 0 fully saturated rings. The van der Waals surface area contributed by atoms with Gasteiger partial charge in [0.05, 0.1) is 6.61 Å². The third-order valence-electron chi connectivity index (χ3n) is 5.92. The van der Waals surface area contributed by atoms with E-state index in [1.165, 1.54) is 0 Å². The molecule has 31 heavy (non-hydrogen) atoms. The normalized spacial score (nSPS) is 13.1. The number of hydrogen-bond donors (Lipinski definition) is 0. The van der Waals surface area contributed by atoms with E-state index in [0.717, 1.165) is 11.1 Å². The number of benzene rings is 2. The summed E-state index contributed by atoms with van der Waals surface area (Å²) in [6, 6.07) is 19.9. The van der Waals surface area contributed by atoms with E-state index >= 15 is 0 Å². The van der Waals surface area contributed by atoms with Gasteiger partial charge in [0.25, 0.3) is 0 Å². The highest BCUT2D eigenvalue weighted by atomic mass is 28.4. The summed E-state index contributed by atoms with van der Waals surface area (Å²) in [7, 11) is -2.03. The van der Waals surface area contributed by atoms with Crippen LogP contribution in [0.1, 0.15) is 31.9 Å². The van der Waals surface area contributed by atoms with Crippen LogP contribution < -0.4 is 0 Å². The zero-order chi connectivity index (χ0) is 22.9. The predicted octanol–water partition coefficient (Wildman–Crippen LogP) is 5.81. The Morgan fingerprint density at radius 3 is 1.90 bits per heavy atom. The van der Waals surface area contributed by atoms with Crippen LogP contribution in [-0.4, -0.2) is 38.4 Å². The fourth-order valence-electron chi connectivity index (χ4n) is 2.98. The third kappa shape index (κ3) is 7.76. The lowest BCUT2D eigenvalue weighted by atomic mass is 10.1. The smallest absolute Gasteiger partial charge is 0.326 e. The molecule has 2 rings (SSSR count). The number of ether oxygens (including phenoxy) is 1. The first-order chi connectivity index (χ1) is 14.6. The van der Waals surface area contributed by atoms with Crippen LogP contribution in [0, 0.1) is 0 Å². The van der Waals surface area contributed by atoms with E-state index < -0.39 is 14.4 Å². The van der Waals surface area contributed by atoms with E-state index in [4.69, 9.17) is 9.16 Å². The Labute approximate surface area is 189 Å². The maximum atomic E-state index is 13.1. The van der Waals surface area contributed by atoms with Crippen molar-refractivity contribution in [1.82, 2.24) is 4.90 Å². The van der Waals surface area contributed by atoms with Crippen LogP contribution in [0.3, 0.4) is 0 Å². The second kappa shape index (κ2) is 11.4. The van der Waals surface area contributed by atoms with Crippen molar-refractivity contribution in [2.24, 2.45) is 0 Å². The first-order valence-electron chi connectivity index (χ1n) is 10.9. The van der Waals surface area contributed by atoms with Crippen LogP contribution in [0.25, 0.3) is 0 Å². The van der Waals surface area contributed by atoms with Gasteiger partial charge >= 0.3 is 5.97 Å². The molecule has 168 valence electrons. The van der Waals surface area contributed by atoms with Gasteiger partial charge in [0.2, 0.25) is 0 Å². The van der Waals surface area contributed by atoms with Crippen LogP contribution in [-0.2, 0) is 27.0 Å². The Morgan fingerprint density at radius 1 is 1.00 bits per heavy atom. The Morgan fingerprint density at radius 2 is 1.48 bits per heavy atom. The van der Waals surface area contributed by atoms with Crippen molar-refractivity contribution in [3.8, 4) is 0 Å². The summed E-state index contributed by atoms with van der Waals surface area (Å²) in [6.07, 6.45) is 1.60. The standard InChI is InChI=1S/C26H37NO3Si/c1-7-18-29-25(28)24(21-30-31(5,6)26(2,3)4)27(19-22-14-10-8-11-15-22)20-23-16-12-9-13-17-23/h7-17,24H,1,18-21H2,2-6H3/t24-/m0/s1. The summed E-state index contributed by atoms with van der Waals surface area (Å²) >= 11 is 0. The van der Waals surface area contributed by atoms with Crippen LogP contribution in [0.4, 0.5) is 0 Å². The van der Waals surface area contributed by atoms with Crippen LogP contribution in [0.5, 0.6) is 0 Å². The molecule has 0 N–H and O–H groups in total. The van der Waals surface area contributed by atoms with Gasteiger partial charge < -0.3 is 9.16 Å². The van der Waals surface area contributed by atoms with Crippen molar-refractivity contribution in [3.05, 3.63) is 84.4 Å². The van der Waals surface area contributed by atoms with Gasteiger partial charge in [-0.15, -0.1) is 0 Å². The Balaban J connectivity index is 2.32. The molecular weight excluding hydrogens is 402 g/mol. The van der Waals surface area contributed by atoms with Gasteiger partial charge in [0.15, 0.2) is 8.32 Å². The quantitative estimate of drug-likeness (QED) is 0.252. The molecule has 4 nitrogen and oxygen atoms in total. The lowest BCUT2D eigenvalue weighted by Gasteiger charge is -2.38. The molecule has 2 aromatic rings. The van der Waals surface area contributed by atoms with Crippen molar-refractivity contribution in [1.29, 1.82) is 0 Å². The van der Waals surface area contributed by atoms with Crippen molar-refractivity contribution in [3.63, 3.8) is 0 Å². The molecule has 0 saturated heterocycles. The number of nitrogens with zero attached hydrogens (tertiary/aromatic N) is 1. The van der Waals surface area contributed by atoms with E-state index in [1.54, 1.807) is 6.08 Å². The fraction of sp³-hybridized carbons (Fsp3) is 0.423. The Bertz CT molecular complexity index is 774. The summed E-state index contributed by atoms with van der Waals surface area (Å²) in [6.45, 7) is 16.5. The maximum Gasteiger partial charge on any atom is 0.326 e. The number of carbonyl (C=O) groups excluding carboxylic acids is 1. The van der Waals surface area contributed by atoms with Crippen LogP contribution >= 0.6 is 0 Å². The van der Waals surface area contributed by atoms with Gasteiger partial charge in [-0.05, 0) is 29.3 Å². The zero-order valence-corrected chi connectivity index (χ0v) is 20.6. The lowest BCUT2D eigenvalue weighted by molar-refractivity contribution is -0.150. The molecule has 0 bridgehead atoms. The number of esters is 1. The summed E-state index contributed by atoms with van der Waals surface area (Å²) in [5.41, 5.74) is 2.29. The van der Waals surface area contributed by atoms with Crippen LogP contribution in [0.15, 0.2) is 73.3 Å². The topological polar surface area (TPSA) is 38.8 Å². The lowest BCUT2D eigenvalue weighted by Crippen LogP contribution is -2.49. The minimum atomic E-state index is -2.03. The van der Waals surface area contributed by atoms with Gasteiger partial charge in [-0.2, -0.15) is 0 Å². The van der Waals surface area contributed by atoms with E-state index in [2.05, 4.69) is 69.6 Å². The zero-order valence-electron chi connectivity index (χ0n) is 19.6. The molecule has 0 heterocycles. The molecule has 1 atom stereocenters. The van der Waals surface area contributed by atoms with Gasteiger partial charge in [-0.25, -0.2) is 0 Å². The van der Waals surface area contributed by atoms with E-state index in [1.807, 2.05) is 36.4 Å². The highest BCUT2D eigenvalue weighted by Crippen LogP contribution is 2.36. The molecule has 2 aromatic carbocycles. The SMILES string of the molecule is C=CCOC(=O)[C@H](CO[Si](C)(C)C(C)(C)C)N(Cc1ccccc1)Cc1ccccc1. The molecule has 0 amide bonds. The minimum Gasteiger partial charge on any atom is -0.460 e. The average Bonchev–Trinajstić information content (AvgIpc) is 2.73. The summed E-state index contributed by atoms with van der Waals surface area (Å²) in [5.74, 6) is -0.273. The average molecular weight is 440 g/mol. The predicted molar refractivity (Wildman–Crippen MR) is 130 cm³/mol. The molecular formula is C26H37NO3Si. The summed E-state index contributed by atoms with van der Waals surface area (Å²) in [5, 5.41) is 0.0618. The molecule has 0 aliphatic carbocycles. The highest BCUT2D eigenvalue weighted by Gasteiger charge is 2.39. The molecule has 0 saturated carbocycles. The number of hydrogen-bond acceptors (Lipinski definition) is 4. The first-order valence-corrected chi connectivity index (χ1v) is 13.8. The van der Waals surface area contributed by atoms with Crippen molar-refractivity contribution >= 4 is 14.3 Å². The van der Waals surface area contributed by atoms with Crippen LogP contribution in [0.2, 0.25) is 18.1 Å². The van der Waals surface area contributed by atoms with Gasteiger partial charge in [0.1, 0.15) is 12.6 Å². The molecule has 0 aliphatic rings. The van der Waals surface area contributed by atoms with E-state index in [9.17, 15) is 4.79 Å². The number of rotatable bonds is 11. The Kier molecular flexibility index (Phi) is 9.23. The first kappa shape index (κ1) is 25.1. The monoisotopic (exact) mass is 439 g/mol. The molecule has 0 radical (unpaired) electrons. The summed E-state index contributed by atoms with van der Waals surface area (Å²) in [4.78, 5) is 15.3. The van der Waals surface area contributed by atoms with E-state index in [0.29, 0.717) is 19.7 Å². The van der Waals surface area contributed by atoms with Crippen molar-refractivity contribution in [2.75, 3.05) is 13.2 Å². The summed E-state index contributed by atoms with van der Waals surface area (Å²) < 4.78 is 12.0.